The second-order valence-electron chi connectivity index (χ2n) is 19.1. The van der Waals surface area contributed by atoms with E-state index in [1.807, 2.05) is 13.0 Å². The number of benzene rings is 2. The van der Waals surface area contributed by atoms with E-state index >= 15 is 0 Å². The van der Waals surface area contributed by atoms with E-state index in [4.69, 9.17) is 9.72 Å². The van der Waals surface area contributed by atoms with E-state index in [1.54, 1.807) is 43.6 Å². The SMILES string of the molecule is C=CC(=O)Nc1cccc(-n2c(=O)cc(C)c3cnc(Nc4ccc(N5CCN(CCCCCCCCCCNC(=O)CC6(C)CC7CC(C)CC(C7)C6)CC5)cc4OC)nc32)c1. The van der Waals surface area contributed by atoms with Crippen molar-refractivity contribution >= 4 is 45.9 Å². The number of carbonyl (C=O) groups is 2. The van der Waals surface area contributed by atoms with Crippen molar-refractivity contribution in [2.45, 2.75) is 111 Å². The molecule has 2 aromatic heterocycles. The Kier molecular flexibility index (Phi) is 15.6. The van der Waals surface area contributed by atoms with Crippen molar-refractivity contribution in [2.24, 2.45) is 23.2 Å². The standard InChI is InChI=1S/C51H70N8O4/c1-6-46(60)54-40-16-15-17-42(30-40)59-48(62)28-37(3)43-35-53-50(56-49(43)59)55-44-19-18-41(31-45(44)63-5)58-24-22-57(23-25-58)21-14-12-10-8-7-9-11-13-20-52-47(61)34-51(4)32-38-26-36(2)27-39(29-38)33-51/h6,15-19,28,30-31,35-36,38-39H,1,7-14,20-27,29,32-34H2,2-5H3,(H,52,61)(H,54,60)(H,53,55,56). The lowest BCUT2D eigenvalue weighted by molar-refractivity contribution is -0.124. The number of methoxy groups -OCH3 is 1. The minimum absolute atomic E-state index is 0.204. The van der Waals surface area contributed by atoms with Crippen LogP contribution in [0.2, 0.25) is 0 Å². The van der Waals surface area contributed by atoms with Gasteiger partial charge in [-0.3, -0.25) is 23.9 Å². The number of aryl methyl sites for hydroxylation is 1. The Morgan fingerprint density at radius 2 is 1.62 bits per heavy atom. The molecule has 2 aromatic carbocycles. The van der Waals surface area contributed by atoms with Gasteiger partial charge in [-0.1, -0.05) is 65.0 Å². The van der Waals surface area contributed by atoms with Crippen LogP contribution in [0.5, 0.6) is 5.75 Å². The summed E-state index contributed by atoms with van der Waals surface area (Å²) in [6, 6.07) is 14.8. The number of carbonyl (C=O) groups excluding carboxylic acids is 2. The van der Waals surface area contributed by atoms with Gasteiger partial charge in [0.1, 0.15) is 5.75 Å². The fourth-order valence-electron chi connectivity index (χ4n) is 10.9. The molecule has 338 valence electrons. The smallest absolute Gasteiger partial charge is 0.257 e. The minimum Gasteiger partial charge on any atom is -0.494 e. The average Bonchev–Trinajstić information content (AvgIpc) is 3.25. The van der Waals surface area contributed by atoms with Gasteiger partial charge in [-0.2, -0.15) is 4.98 Å². The third-order valence-electron chi connectivity index (χ3n) is 13.7. The zero-order chi connectivity index (χ0) is 44.3. The van der Waals surface area contributed by atoms with Crippen LogP contribution < -0.4 is 31.1 Å². The molecule has 3 heterocycles. The maximum absolute atomic E-state index is 13.4. The number of hydrogen-bond donors (Lipinski definition) is 3. The lowest BCUT2D eigenvalue weighted by atomic mass is 9.58. The Morgan fingerprint density at radius 1 is 0.905 bits per heavy atom. The van der Waals surface area contributed by atoms with Crippen LogP contribution >= 0.6 is 0 Å². The Bertz CT molecular complexity index is 2250. The van der Waals surface area contributed by atoms with Crippen LogP contribution in [0.15, 0.2) is 72.2 Å². The molecule has 2 unspecified atom stereocenters. The van der Waals surface area contributed by atoms with Gasteiger partial charge in [-0.05, 0) is 124 Å². The summed E-state index contributed by atoms with van der Waals surface area (Å²) in [5.41, 5.74) is 4.09. The fraction of sp³-hybridized carbons (Fsp3) is 0.549. The van der Waals surface area contributed by atoms with Crippen LogP contribution in [0.3, 0.4) is 0 Å². The zero-order valence-corrected chi connectivity index (χ0v) is 38.2. The topological polar surface area (TPSA) is 134 Å². The molecule has 1 aliphatic heterocycles. The van der Waals surface area contributed by atoms with Gasteiger partial charge < -0.3 is 25.6 Å². The first-order valence-corrected chi connectivity index (χ1v) is 23.6. The third-order valence-corrected chi connectivity index (χ3v) is 13.7. The highest BCUT2D eigenvalue weighted by Gasteiger charge is 2.41. The summed E-state index contributed by atoms with van der Waals surface area (Å²) < 4.78 is 7.36. The Balaban J connectivity index is 0.801. The number of unbranched alkanes of at least 4 members (excludes halogenated alkanes) is 7. The number of rotatable bonds is 20. The normalized spacial score (nSPS) is 21.2. The van der Waals surface area contributed by atoms with Crippen molar-refractivity contribution < 1.29 is 14.3 Å². The number of hydrogen-bond acceptors (Lipinski definition) is 9. The molecule has 3 fully saturated rings. The molecule has 63 heavy (non-hydrogen) atoms. The molecule has 0 radical (unpaired) electrons. The summed E-state index contributed by atoms with van der Waals surface area (Å²) in [6.45, 7) is 16.1. The lowest BCUT2D eigenvalue weighted by Crippen LogP contribution is -2.46. The van der Waals surface area contributed by atoms with Crippen molar-refractivity contribution in [1.29, 1.82) is 0 Å². The molecule has 12 heteroatoms. The third kappa shape index (κ3) is 12.3. The highest BCUT2D eigenvalue weighted by molar-refractivity contribution is 5.99. The molecule has 7 rings (SSSR count). The summed E-state index contributed by atoms with van der Waals surface area (Å²) >= 11 is 0. The van der Waals surface area contributed by atoms with E-state index in [9.17, 15) is 14.4 Å². The second kappa shape index (κ2) is 21.4. The van der Waals surface area contributed by atoms with Gasteiger partial charge in [0.25, 0.3) is 5.56 Å². The molecule has 0 spiro atoms. The molecule has 2 bridgehead atoms. The van der Waals surface area contributed by atoms with E-state index in [2.05, 4.69) is 63.3 Å². The second-order valence-corrected chi connectivity index (χ2v) is 19.1. The first-order chi connectivity index (χ1) is 30.5. The Labute approximate surface area is 374 Å². The highest BCUT2D eigenvalue weighted by Crippen LogP contribution is 2.51. The zero-order valence-electron chi connectivity index (χ0n) is 38.2. The quantitative estimate of drug-likeness (QED) is 0.0587. The number of nitrogens with one attached hydrogen (secondary N) is 3. The number of aromatic nitrogens is 3. The van der Waals surface area contributed by atoms with Gasteiger partial charge >= 0.3 is 0 Å². The largest absolute Gasteiger partial charge is 0.494 e. The van der Waals surface area contributed by atoms with Crippen LogP contribution in [0.1, 0.15) is 109 Å². The van der Waals surface area contributed by atoms with Crippen LogP contribution in [0, 0.1) is 30.1 Å². The van der Waals surface area contributed by atoms with Crippen molar-refractivity contribution in [2.75, 3.05) is 61.9 Å². The van der Waals surface area contributed by atoms with E-state index in [0.717, 1.165) is 80.1 Å². The molecule has 3 aliphatic rings. The Hall–Kier alpha value is -5.23. The maximum atomic E-state index is 13.4. The maximum Gasteiger partial charge on any atom is 0.257 e. The summed E-state index contributed by atoms with van der Waals surface area (Å²) in [4.78, 5) is 52.5. The molecular formula is C51H70N8O4. The van der Waals surface area contributed by atoms with Crippen molar-refractivity contribution in [1.82, 2.24) is 24.8 Å². The Morgan fingerprint density at radius 3 is 2.33 bits per heavy atom. The van der Waals surface area contributed by atoms with Gasteiger partial charge in [0, 0.05) is 74.2 Å². The summed E-state index contributed by atoms with van der Waals surface area (Å²) in [6.07, 6.45) is 20.2. The monoisotopic (exact) mass is 859 g/mol. The number of pyridine rings is 1. The highest BCUT2D eigenvalue weighted by atomic mass is 16.5. The van der Waals surface area contributed by atoms with Gasteiger partial charge in [-0.15, -0.1) is 0 Å². The predicted octanol–water partition coefficient (Wildman–Crippen LogP) is 9.57. The van der Waals surface area contributed by atoms with Crippen molar-refractivity contribution in [3.05, 3.63) is 83.3 Å². The van der Waals surface area contributed by atoms with E-state index in [-0.39, 0.29) is 22.8 Å². The van der Waals surface area contributed by atoms with Crippen molar-refractivity contribution in [3.63, 3.8) is 0 Å². The fourth-order valence-corrected chi connectivity index (χ4v) is 10.9. The summed E-state index contributed by atoms with van der Waals surface area (Å²) in [5.74, 6) is 3.48. The molecule has 1 saturated heterocycles. The van der Waals surface area contributed by atoms with Gasteiger partial charge in [0.15, 0.2) is 5.65 Å². The molecule has 12 nitrogen and oxygen atoms in total. The number of piperazine rings is 1. The van der Waals surface area contributed by atoms with Gasteiger partial charge in [0.2, 0.25) is 17.8 Å². The number of amides is 2. The van der Waals surface area contributed by atoms with Crippen LogP contribution in [-0.2, 0) is 9.59 Å². The molecule has 2 saturated carbocycles. The van der Waals surface area contributed by atoms with Gasteiger partial charge in [0.05, 0.1) is 18.5 Å². The molecule has 2 atom stereocenters. The number of fused-ring (bicyclic) bond motifs is 3. The van der Waals surface area contributed by atoms with Crippen LogP contribution in [-0.4, -0.2) is 77.6 Å². The first kappa shape index (κ1) is 45.8. The number of anilines is 4. The molecule has 2 amide bonds. The first-order valence-electron chi connectivity index (χ1n) is 23.6. The van der Waals surface area contributed by atoms with Crippen LogP contribution in [0.4, 0.5) is 23.0 Å². The minimum atomic E-state index is -0.339. The molecule has 2 aliphatic carbocycles. The summed E-state index contributed by atoms with van der Waals surface area (Å²) in [5, 5.41) is 10.1. The van der Waals surface area contributed by atoms with E-state index in [0.29, 0.717) is 40.8 Å². The number of nitrogens with zero attached hydrogens (tertiary/aromatic N) is 5. The summed E-state index contributed by atoms with van der Waals surface area (Å²) in [7, 11) is 1.66. The van der Waals surface area contributed by atoms with Crippen LogP contribution in [0.25, 0.3) is 16.7 Å². The number of ether oxygens (including phenoxy) is 1. The lowest BCUT2D eigenvalue weighted by Gasteiger charge is -2.47. The van der Waals surface area contributed by atoms with Crippen molar-refractivity contribution in [3.8, 4) is 11.4 Å². The molecule has 4 aromatic rings. The average molecular weight is 859 g/mol. The molecule has 3 N–H and O–H groups in total. The van der Waals surface area contributed by atoms with E-state index in [1.165, 1.54) is 87.7 Å². The van der Waals surface area contributed by atoms with Gasteiger partial charge in [-0.25, -0.2) is 4.98 Å². The predicted molar refractivity (Wildman–Crippen MR) is 256 cm³/mol. The van der Waals surface area contributed by atoms with E-state index < -0.39 is 0 Å². The molecular weight excluding hydrogens is 789 g/mol.